The number of benzene rings is 1. The van der Waals surface area contributed by atoms with Gasteiger partial charge >= 0.3 is 0 Å². The average Bonchev–Trinajstić information content (AvgIpc) is 3.29. The van der Waals surface area contributed by atoms with Crippen molar-refractivity contribution in [2.75, 3.05) is 18.9 Å². The number of hydrogen-bond acceptors (Lipinski definition) is 5. The number of anilines is 1. The van der Waals surface area contributed by atoms with Crippen molar-refractivity contribution in [1.29, 1.82) is 5.26 Å². The van der Waals surface area contributed by atoms with Crippen molar-refractivity contribution in [2.24, 2.45) is 0 Å². The molecule has 0 atom stereocenters. The predicted octanol–water partition coefficient (Wildman–Crippen LogP) is 3.31. The molecule has 1 heterocycles. The fraction of sp³-hybridized carbons (Fsp3) is 0.409. The Bertz CT molecular complexity index is 880. The van der Waals surface area contributed by atoms with Crippen LogP contribution in [0, 0.1) is 11.3 Å². The number of carbonyl (C=O) groups excluding carboxylic acids is 2. The maximum absolute atomic E-state index is 12.7. The molecule has 1 fully saturated rings. The van der Waals surface area contributed by atoms with Gasteiger partial charge in [-0.05, 0) is 37.1 Å². The van der Waals surface area contributed by atoms with Crippen molar-refractivity contribution in [3.63, 3.8) is 0 Å². The monoisotopic (exact) mass is 394 g/mol. The van der Waals surface area contributed by atoms with Crippen LogP contribution in [0.15, 0.2) is 47.1 Å². The van der Waals surface area contributed by atoms with Crippen LogP contribution < -0.4 is 10.6 Å². The van der Waals surface area contributed by atoms with E-state index in [0.717, 1.165) is 19.3 Å². The first-order valence-corrected chi connectivity index (χ1v) is 9.87. The maximum atomic E-state index is 12.7. The van der Waals surface area contributed by atoms with Gasteiger partial charge in [0.15, 0.2) is 0 Å². The van der Waals surface area contributed by atoms with E-state index in [0.29, 0.717) is 29.9 Å². The molecule has 0 saturated heterocycles. The van der Waals surface area contributed by atoms with E-state index in [4.69, 9.17) is 4.42 Å². The molecular weight excluding hydrogens is 368 g/mol. The minimum absolute atomic E-state index is 0.0163. The molecule has 2 N–H and O–H groups in total. The number of hydrogen-bond donors (Lipinski definition) is 2. The van der Waals surface area contributed by atoms with Gasteiger partial charge in [0.1, 0.15) is 11.3 Å². The Labute approximate surface area is 170 Å². The van der Waals surface area contributed by atoms with Gasteiger partial charge in [-0.25, -0.2) is 0 Å². The second-order valence-corrected chi connectivity index (χ2v) is 7.32. The molecular formula is C22H26N4O3. The molecule has 29 heavy (non-hydrogen) atoms. The molecule has 2 amide bonds. The standard InChI is InChI=1S/C22H26N4O3/c1-26(22(16-23)11-5-2-6-12-22)20(27)15-24-19-10-4-3-9-18(19)21(28)25-14-17-8-7-13-29-17/h3-4,7-10,13,24H,2,5-6,11-12,14-15H2,1H3,(H,25,28). The van der Waals surface area contributed by atoms with E-state index >= 15 is 0 Å². The second kappa shape index (κ2) is 9.28. The van der Waals surface area contributed by atoms with E-state index in [-0.39, 0.29) is 24.9 Å². The number of nitrogens with zero attached hydrogens (tertiary/aromatic N) is 2. The topological polar surface area (TPSA) is 98.4 Å². The van der Waals surface area contributed by atoms with Crippen molar-refractivity contribution < 1.29 is 14.0 Å². The molecule has 0 unspecified atom stereocenters. The van der Waals surface area contributed by atoms with Gasteiger partial charge in [-0.2, -0.15) is 5.26 Å². The predicted molar refractivity (Wildman–Crippen MR) is 109 cm³/mol. The van der Waals surface area contributed by atoms with E-state index < -0.39 is 5.54 Å². The molecule has 3 rings (SSSR count). The largest absolute Gasteiger partial charge is 0.467 e. The van der Waals surface area contributed by atoms with Crippen molar-refractivity contribution in [3.05, 3.63) is 54.0 Å². The molecule has 1 aromatic heterocycles. The van der Waals surface area contributed by atoms with Crippen LogP contribution in [-0.4, -0.2) is 35.8 Å². The van der Waals surface area contributed by atoms with Crippen LogP contribution in [0.2, 0.25) is 0 Å². The Balaban J connectivity index is 1.62. The molecule has 1 aromatic carbocycles. The van der Waals surface area contributed by atoms with Gasteiger partial charge in [0.05, 0.1) is 31.0 Å². The van der Waals surface area contributed by atoms with Crippen molar-refractivity contribution in [2.45, 2.75) is 44.2 Å². The summed E-state index contributed by atoms with van der Waals surface area (Å²) < 4.78 is 5.23. The van der Waals surface area contributed by atoms with Gasteiger partial charge < -0.3 is 20.0 Å². The Morgan fingerprint density at radius 3 is 2.62 bits per heavy atom. The summed E-state index contributed by atoms with van der Waals surface area (Å²) in [4.78, 5) is 26.9. The van der Waals surface area contributed by atoms with E-state index in [1.165, 1.54) is 0 Å². The third kappa shape index (κ3) is 4.77. The highest BCUT2D eigenvalue weighted by atomic mass is 16.3. The summed E-state index contributed by atoms with van der Waals surface area (Å²) in [6.45, 7) is 0.301. The van der Waals surface area contributed by atoms with Gasteiger partial charge in [0, 0.05) is 12.7 Å². The number of para-hydroxylation sites is 1. The van der Waals surface area contributed by atoms with Crippen LogP contribution in [0.25, 0.3) is 0 Å². The number of nitriles is 1. The minimum atomic E-state index is -0.725. The first kappa shape index (κ1) is 20.5. The van der Waals surface area contributed by atoms with Gasteiger partial charge in [0.25, 0.3) is 5.91 Å². The van der Waals surface area contributed by atoms with E-state index in [9.17, 15) is 14.9 Å². The van der Waals surface area contributed by atoms with Crippen molar-refractivity contribution >= 4 is 17.5 Å². The minimum Gasteiger partial charge on any atom is -0.467 e. The van der Waals surface area contributed by atoms with Crippen LogP contribution in [0.1, 0.15) is 48.2 Å². The van der Waals surface area contributed by atoms with Crippen molar-refractivity contribution in [1.82, 2.24) is 10.2 Å². The lowest BCUT2D eigenvalue weighted by Gasteiger charge is -2.39. The van der Waals surface area contributed by atoms with Crippen LogP contribution in [0.3, 0.4) is 0 Å². The zero-order valence-corrected chi connectivity index (χ0v) is 16.6. The lowest BCUT2D eigenvalue weighted by atomic mass is 9.81. The van der Waals surface area contributed by atoms with Crippen molar-refractivity contribution in [3.8, 4) is 6.07 Å². The lowest BCUT2D eigenvalue weighted by Crippen LogP contribution is -2.51. The number of amides is 2. The fourth-order valence-electron chi connectivity index (χ4n) is 3.70. The summed E-state index contributed by atoms with van der Waals surface area (Å²) in [7, 11) is 1.69. The normalized spacial score (nSPS) is 15.2. The number of likely N-dealkylation sites (N-methyl/N-ethyl adjacent to an activating group) is 1. The van der Waals surface area contributed by atoms with Gasteiger partial charge in [0.2, 0.25) is 5.91 Å². The summed E-state index contributed by atoms with van der Waals surface area (Å²) in [5.74, 6) is 0.236. The van der Waals surface area contributed by atoms with Gasteiger partial charge in [-0.3, -0.25) is 9.59 Å². The summed E-state index contributed by atoms with van der Waals surface area (Å²) >= 11 is 0. The molecule has 1 aliphatic carbocycles. The van der Waals surface area contributed by atoms with E-state index in [1.54, 1.807) is 54.6 Å². The third-order valence-corrected chi connectivity index (χ3v) is 5.51. The number of nitrogens with one attached hydrogen (secondary N) is 2. The molecule has 0 radical (unpaired) electrons. The molecule has 1 aliphatic rings. The zero-order valence-electron chi connectivity index (χ0n) is 16.6. The molecule has 7 heteroatoms. The highest BCUT2D eigenvalue weighted by Gasteiger charge is 2.38. The van der Waals surface area contributed by atoms with E-state index in [1.807, 2.05) is 0 Å². The lowest BCUT2D eigenvalue weighted by molar-refractivity contribution is -0.132. The van der Waals surface area contributed by atoms with Gasteiger partial charge in [-0.1, -0.05) is 31.4 Å². The average molecular weight is 394 g/mol. The highest BCUT2D eigenvalue weighted by molar-refractivity contribution is 6.00. The summed E-state index contributed by atoms with van der Waals surface area (Å²) in [6.07, 6.45) is 5.98. The summed E-state index contributed by atoms with van der Waals surface area (Å²) in [6, 6.07) is 12.9. The Morgan fingerprint density at radius 1 is 1.17 bits per heavy atom. The Hall–Kier alpha value is -3.27. The third-order valence-electron chi connectivity index (χ3n) is 5.51. The highest BCUT2D eigenvalue weighted by Crippen LogP contribution is 2.32. The number of rotatable bonds is 7. The SMILES string of the molecule is CN(C(=O)CNc1ccccc1C(=O)NCc1ccco1)C1(C#N)CCCCC1. The first-order chi connectivity index (χ1) is 14.1. The van der Waals surface area contributed by atoms with Crippen LogP contribution >= 0.6 is 0 Å². The molecule has 7 nitrogen and oxygen atoms in total. The second-order valence-electron chi connectivity index (χ2n) is 7.32. The number of carbonyl (C=O) groups is 2. The first-order valence-electron chi connectivity index (χ1n) is 9.87. The van der Waals surface area contributed by atoms with Gasteiger partial charge in [-0.15, -0.1) is 0 Å². The zero-order chi connectivity index (χ0) is 20.7. The molecule has 0 aliphatic heterocycles. The quantitative estimate of drug-likeness (QED) is 0.751. The summed E-state index contributed by atoms with van der Waals surface area (Å²) in [5, 5.41) is 15.5. The number of furan rings is 1. The molecule has 0 bridgehead atoms. The Kier molecular flexibility index (Phi) is 6.55. The maximum Gasteiger partial charge on any atom is 0.253 e. The van der Waals surface area contributed by atoms with Crippen LogP contribution in [0.5, 0.6) is 0 Å². The fourth-order valence-corrected chi connectivity index (χ4v) is 3.70. The smallest absolute Gasteiger partial charge is 0.253 e. The Morgan fingerprint density at radius 2 is 1.93 bits per heavy atom. The molecule has 2 aromatic rings. The molecule has 152 valence electrons. The summed E-state index contributed by atoms with van der Waals surface area (Å²) in [5.41, 5.74) is 0.291. The van der Waals surface area contributed by atoms with Crippen LogP contribution in [0.4, 0.5) is 5.69 Å². The molecule has 1 saturated carbocycles. The van der Waals surface area contributed by atoms with E-state index in [2.05, 4.69) is 16.7 Å². The molecule has 0 spiro atoms. The van der Waals surface area contributed by atoms with Crippen LogP contribution in [-0.2, 0) is 11.3 Å².